The summed E-state index contributed by atoms with van der Waals surface area (Å²) in [5.41, 5.74) is -0.250. The van der Waals surface area contributed by atoms with Crippen molar-refractivity contribution >= 4 is 24.1 Å². The second-order valence-electron chi connectivity index (χ2n) is 3.17. The van der Waals surface area contributed by atoms with Gasteiger partial charge in [-0.2, -0.15) is 0 Å². The van der Waals surface area contributed by atoms with Gasteiger partial charge < -0.3 is 24.8 Å². The molecule has 100 valence electrons. The number of hydrogen-bond acceptors (Lipinski definition) is 6. The molecule has 9 nitrogen and oxygen atoms in total. The van der Waals surface area contributed by atoms with Gasteiger partial charge in [-0.15, -0.1) is 0 Å². The van der Waals surface area contributed by atoms with Gasteiger partial charge in [0.05, 0.1) is 0 Å². The van der Waals surface area contributed by atoms with Gasteiger partial charge in [0.2, 0.25) is 0 Å². The van der Waals surface area contributed by atoms with Crippen LogP contribution in [0, 0.1) is 0 Å². The van der Waals surface area contributed by atoms with E-state index in [4.69, 9.17) is 15.3 Å². The van der Waals surface area contributed by atoms with Crippen molar-refractivity contribution in [1.82, 2.24) is 0 Å². The standard InChI is InChI=1S/C9H10O9/c1-4(2)6(12)17-9(7(13)14,3-5(10)11)18-8(15)16/h1,3H2,2H3,(H,10,11)(H,13,14)(H,15,16). The molecule has 1 unspecified atom stereocenters. The third-order valence-corrected chi connectivity index (χ3v) is 1.57. The van der Waals surface area contributed by atoms with Crippen LogP contribution in [0.5, 0.6) is 0 Å². The maximum absolute atomic E-state index is 11.2. The topological polar surface area (TPSA) is 147 Å². The Kier molecular flexibility index (Phi) is 4.85. The van der Waals surface area contributed by atoms with Crippen LogP contribution in [-0.2, 0) is 23.9 Å². The van der Waals surface area contributed by atoms with Crippen molar-refractivity contribution in [2.45, 2.75) is 19.1 Å². The minimum Gasteiger partial charge on any atom is -0.481 e. The van der Waals surface area contributed by atoms with Gasteiger partial charge in [-0.3, -0.25) is 4.79 Å². The minimum absolute atomic E-state index is 0.250. The molecule has 0 bridgehead atoms. The highest BCUT2D eigenvalue weighted by molar-refractivity contribution is 5.92. The van der Waals surface area contributed by atoms with Gasteiger partial charge in [0.15, 0.2) is 0 Å². The third kappa shape index (κ3) is 4.12. The molecule has 0 aliphatic heterocycles. The van der Waals surface area contributed by atoms with E-state index < -0.39 is 36.3 Å². The molecule has 1 atom stereocenters. The lowest BCUT2D eigenvalue weighted by Crippen LogP contribution is -2.49. The Bertz CT molecular complexity index is 392. The van der Waals surface area contributed by atoms with E-state index in [1.165, 1.54) is 0 Å². The van der Waals surface area contributed by atoms with Crippen molar-refractivity contribution in [2.75, 3.05) is 0 Å². The van der Waals surface area contributed by atoms with Crippen LogP contribution in [0.25, 0.3) is 0 Å². The Labute approximate surface area is 100 Å². The van der Waals surface area contributed by atoms with E-state index in [9.17, 15) is 19.2 Å². The fraction of sp³-hybridized carbons (Fsp3) is 0.333. The summed E-state index contributed by atoms with van der Waals surface area (Å²) in [5.74, 6) is -8.23. The van der Waals surface area contributed by atoms with E-state index in [2.05, 4.69) is 16.1 Å². The van der Waals surface area contributed by atoms with Crippen LogP contribution >= 0.6 is 0 Å². The molecule has 0 amide bonds. The quantitative estimate of drug-likeness (QED) is 0.343. The Morgan fingerprint density at radius 3 is 1.89 bits per heavy atom. The average Bonchev–Trinajstić information content (AvgIpc) is 2.14. The molecule has 0 spiro atoms. The van der Waals surface area contributed by atoms with Crippen molar-refractivity contribution < 1.29 is 44.0 Å². The number of rotatable bonds is 6. The second-order valence-corrected chi connectivity index (χ2v) is 3.17. The largest absolute Gasteiger partial charge is 0.509 e. The summed E-state index contributed by atoms with van der Waals surface area (Å²) < 4.78 is 8.14. The van der Waals surface area contributed by atoms with Crippen molar-refractivity contribution in [3.8, 4) is 0 Å². The highest BCUT2D eigenvalue weighted by atomic mass is 16.8. The van der Waals surface area contributed by atoms with E-state index >= 15 is 0 Å². The predicted octanol–water partition coefficient (Wildman–Crippen LogP) is 0.0559. The lowest BCUT2D eigenvalue weighted by molar-refractivity contribution is -0.227. The van der Waals surface area contributed by atoms with Crippen LogP contribution in [0.3, 0.4) is 0 Å². The van der Waals surface area contributed by atoms with Crippen LogP contribution in [0.1, 0.15) is 13.3 Å². The zero-order chi connectivity index (χ0) is 14.5. The molecular formula is C9H10O9. The monoisotopic (exact) mass is 262 g/mol. The van der Waals surface area contributed by atoms with E-state index in [0.717, 1.165) is 6.92 Å². The van der Waals surface area contributed by atoms with Crippen molar-refractivity contribution in [2.24, 2.45) is 0 Å². The lowest BCUT2D eigenvalue weighted by Gasteiger charge is -2.25. The molecule has 9 heteroatoms. The van der Waals surface area contributed by atoms with E-state index in [1.807, 2.05) is 0 Å². The number of carboxylic acids is 2. The molecule has 0 aliphatic rings. The first-order valence-electron chi connectivity index (χ1n) is 4.36. The summed E-state index contributed by atoms with van der Waals surface area (Å²) in [6.07, 6.45) is -3.48. The Morgan fingerprint density at radius 1 is 1.11 bits per heavy atom. The van der Waals surface area contributed by atoms with Crippen molar-refractivity contribution in [3.63, 3.8) is 0 Å². The molecule has 18 heavy (non-hydrogen) atoms. The smallest absolute Gasteiger partial charge is 0.481 e. The number of carboxylic acid groups (broad SMARTS) is 3. The van der Waals surface area contributed by atoms with Gasteiger partial charge in [0, 0.05) is 5.57 Å². The molecule has 0 aromatic rings. The number of carbonyl (C=O) groups is 4. The van der Waals surface area contributed by atoms with Crippen LogP contribution in [0.2, 0.25) is 0 Å². The second kappa shape index (κ2) is 5.66. The highest BCUT2D eigenvalue weighted by Gasteiger charge is 2.50. The summed E-state index contributed by atoms with van der Waals surface area (Å²) in [5, 5.41) is 25.7. The van der Waals surface area contributed by atoms with Crippen molar-refractivity contribution in [3.05, 3.63) is 12.2 Å². The SMILES string of the molecule is C=C(C)C(=O)OC(CC(=O)O)(OC(=O)O)C(=O)O. The first-order chi connectivity index (χ1) is 8.10. The fourth-order valence-corrected chi connectivity index (χ4v) is 0.833. The minimum atomic E-state index is -3.15. The van der Waals surface area contributed by atoms with Crippen LogP contribution in [-0.4, -0.2) is 45.2 Å². The highest BCUT2D eigenvalue weighted by Crippen LogP contribution is 2.21. The molecule has 0 saturated heterocycles. The van der Waals surface area contributed by atoms with Gasteiger partial charge in [-0.05, 0) is 6.92 Å². The number of ether oxygens (including phenoxy) is 2. The van der Waals surface area contributed by atoms with Crippen LogP contribution in [0.15, 0.2) is 12.2 Å². The summed E-state index contributed by atoms with van der Waals surface area (Å²) in [6.45, 7) is 4.30. The van der Waals surface area contributed by atoms with Gasteiger partial charge in [-0.25, -0.2) is 14.4 Å². The molecule has 0 radical (unpaired) electrons. The molecule has 0 rings (SSSR count). The molecule has 0 aromatic carbocycles. The molecule has 3 N–H and O–H groups in total. The normalized spacial score (nSPS) is 12.9. The van der Waals surface area contributed by atoms with Gasteiger partial charge in [0.25, 0.3) is 0 Å². The zero-order valence-corrected chi connectivity index (χ0v) is 9.21. The Morgan fingerprint density at radius 2 is 1.61 bits per heavy atom. The Balaban J connectivity index is 5.38. The number of esters is 1. The fourth-order valence-electron chi connectivity index (χ4n) is 0.833. The van der Waals surface area contributed by atoms with Crippen LogP contribution in [0.4, 0.5) is 4.79 Å². The third-order valence-electron chi connectivity index (χ3n) is 1.57. The maximum atomic E-state index is 11.2. The van der Waals surface area contributed by atoms with Gasteiger partial charge in [-0.1, -0.05) is 6.58 Å². The molecule has 0 fully saturated rings. The average molecular weight is 262 g/mol. The summed E-state index contributed by atoms with van der Waals surface area (Å²) in [4.78, 5) is 42.9. The Hall–Kier alpha value is -2.58. The van der Waals surface area contributed by atoms with E-state index in [1.54, 1.807) is 0 Å². The first kappa shape index (κ1) is 15.4. The molecule has 0 saturated carbocycles. The van der Waals surface area contributed by atoms with Crippen molar-refractivity contribution in [1.29, 1.82) is 0 Å². The van der Waals surface area contributed by atoms with E-state index in [-0.39, 0.29) is 5.57 Å². The zero-order valence-electron chi connectivity index (χ0n) is 9.21. The number of aliphatic carboxylic acids is 2. The molecular weight excluding hydrogens is 252 g/mol. The molecule has 0 aromatic heterocycles. The first-order valence-corrected chi connectivity index (χ1v) is 4.36. The lowest BCUT2D eigenvalue weighted by atomic mass is 10.2. The predicted molar refractivity (Wildman–Crippen MR) is 52.6 cm³/mol. The van der Waals surface area contributed by atoms with E-state index in [0.29, 0.717) is 0 Å². The summed E-state index contributed by atoms with van der Waals surface area (Å²) in [6, 6.07) is 0. The van der Waals surface area contributed by atoms with Gasteiger partial charge in [0.1, 0.15) is 6.42 Å². The molecule has 0 heterocycles. The van der Waals surface area contributed by atoms with Gasteiger partial charge >= 0.3 is 29.9 Å². The summed E-state index contributed by atoms with van der Waals surface area (Å²) >= 11 is 0. The molecule has 0 aliphatic carbocycles. The summed E-state index contributed by atoms with van der Waals surface area (Å²) in [7, 11) is 0. The maximum Gasteiger partial charge on any atom is 0.509 e. The number of carbonyl (C=O) groups excluding carboxylic acids is 1. The number of hydrogen-bond donors (Lipinski definition) is 3. The van der Waals surface area contributed by atoms with Crippen LogP contribution < -0.4 is 0 Å².